The van der Waals surface area contributed by atoms with Crippen LogP contribution in [0.5, 0.6) is 5.75 Å². The number of hydrogen-bond donors (Lipinski definition) is 0. The highest BCUT2D eigenvalue weighted by molar-refractivity contribution is 7.09. The molecule has 0 aliphatic carbocycles. The fourth-order valence-electron chi connectivity index (χ4n) is 1.28. The highest BCUT2D eigenvalue weighted by atomic mass is 35.5. The molecule has 2 rings (SSSR count). The summed E-state index contributed by atoms with van der Waals surface area (Å²) in [6.45, 7) is 0.465. The lowest BCUT2D eigenvalue weighted by Gasteiger charge is -2.07. The summed E-state index contributed by atoms with van der Waals surface area (Å²) in [5.74, 6) is 0.531. The van der Waals surface area contributed by atoms with E-state index in [1.807, 2.05) is 23.6 Å². The number of halogens is 1. The van der Waals surface area contributed by atoms with E-state index >= 15 is 0 Å². The van der Waals surface area contributed by atoms with Crippen LogP contribution in [0.3, 0.4) is 0 Å². The van der Waals surface area contributed by atoms with Crippen LogP contribution in [0.2, 0.25) is 5.02 Å². The summed E-state index contributed by atoms with van der Waals surface area (Å²) in [6, 6.07) is 11.2. The van der Waals surface area contributed by atoms with Crippen LogP contribution >= 0.6 is 22.9 Å². The van der Waals surface area contributed by atoms with Crippen LogP contribution < -0.4 is 4.74 Å². The molecule has 0 amide bonds. The van der Waals surface area contributed by atoms with Gasteiger partial charge in [0, 0.05) is 4.88 Å². The summed E-state index contributed by atoms with van der Waals surface area (Å²) in [4.78, 5) is 1.11. The van der Waals surface area contributed by atoms with Crippen molar-refractivity contribution in [2.45, 2.75) is 6.61 Å². The number of thiophene rings is 1. The Morgan fingerprint density at radius 1 is 1.31 bits per heavy atom. The van der Waals surface area contributed by atoms with Crippen LogP contribution in [0.25, 0.3) is 0 Å². The van der Waals surface area contributed by atoms with E-state index in [2.05, 4.69) is 0 Å². The zero-order valence-electron chi connectivity index (χ0n) is 8.31. The van der Waals surface area contributed by atoms with Crippen LogP contribution in [0.1, 0.15) is 10.4 Å². The van der Waals surface area contributed by atoms with Crippen LogP contribution in [0.15, 0.2) is 35.7 Å². The Morgan fingerprint density at radius 3 is 2.88 bits per heavy atom. The Bertz CT molecular complexity index is 516. The van der Waals surface area contributed by atoms with Crippen LogP contribution in [-0.4, -0.2) is 0 Å². The highest BCUT2D eigenvalue weighted by Crippen LogP contribution is 2.26. The Balaban J connectivity index is 2.16. The van der Waals surface area contributed by atoms with E-state index in [4.69, 9.17) is 21.6 Å². The predicted octanol–water partition coefficient (Wildman–Crippen LogP) is 3.85. The number of ether oxygens (including phenoxy) is 1. The van der Waals surface area contributed by atoms with Crippen LogP contribution in [0, 0.1) is 11.3 Å². The van der Waals surface area contributed by atoms with Crippen molar-refractivity contribution >= 4 is 22.9 Å². The maximum absolute atomic E-state index is 8.94. The zero-order valence-corrected chi connectivity index (χ0v) is 9.89. The smallest absolute Gasteiger partial charge is 0.139 e. The van der Waals surface area contributed by atoms with Gasteiger partial charge in [0.25, 0.3) is 0 Å². The first-order chi connectivity index (χ1) is 7.81. The number of nitrogens with zero attached hydrogens (tertiary/aromatic N) is 1. The van der Waals surface area contributed by atoms with E-state index in [-0.39, 0.29) is 0 Å². The topological polar surface area (TPSA) is 33.0 Å². The molecule has 16 heavy (non-hydrogen) atoms. The van der Waals surface area contributed by atoms with Crippen LogP contribution in [-0.2, 0) is 6.61 Å². The molecule has 0 radical (unpaired) electrons. The minimum absolute atomic E-state index is 0.390. The maximum atomic E-state index is 8.94. The molecule has 0 saturated heterocycles. The molecule has 0 aliphatic heterocycles. The minimum atomic E-state index is 0.390. The quantitative estimate of drug-likeness (QED) is 0.828. The van der Waals surface area contributed by atoms with E-state index in [0.29, 0.717) is 22.9 Å². The fraction of sp³-hybridized carbons (Fsp3) is 0.0833. The molecule has 0 spiro atoms. The van der Waals surface area contributed by atoms with E-state index in [9.17, 15) is 0 Å². The molecule has 0 fully saturated rings. The lowest BCUT2D eigenvalue weighted by Crippen LogP contribution is -1.95. The summed E-state index contributed by atoms with van der Waals surface area (Å²) in [6.07, 6.45) is 0. The number of benzene rings is 1. The first-order valence-corrected chi connectivity index (χ1v) is 5.91. The van der Waals surface area contributed by atoms with Crippen molar-refractivity contribution in [3.05, 3.63) is 51.2 Å². The molecular weight excluding hydrogens is 242 g/mol. The third-order valence-electron chi connectivity index (χ3n) is 2.04. The normalized spacial score (nSPS) is 9.75. The van der Waals surface area contributed by atoms with Gasteiger partial charge in [0.2, 0.25) is 0 Å². The number of nitriles is 1. The molecule has 0 aliphatic rings. The van der Waals surface area contributed by atoms with Crippen molar-refractivity contribution in [1.82, 2.24) is 0 Å². The Hall–Kier alpha value is -1.50. The summed E-state index contributed by atoms with van der Waals surface area (Å²) >= 11 is 7.51. The van der Waals surface area contributed by atoms with Gasteiger partial charge in [-0.2, -0.15) is 5.26 Å². The van der Waals surface area contributed by atoms with E-state index in [1.165, 1.54) is 0 Å². The molecule has 2 aromatic rings. The molecule has 1 aromatic carbocycles. The molecule has 80 valence electrons. The third kappa shape index (κ3) is 2.35. The predicted molar refractivity (Wildman–Crippen MR) is 64.8 cm³/mol. The van der Waals surface area contributed by atoms with Crippen molar-refractivity contribution in [3.8, 4) is 11.8 Å². The minimum Gasteiger partial charge on any atom is -0.487 e. The van der Waals surface area contributed by atoms with Gasteiger partial charge in [-0.1, -0.05) is 23.7 Å². The van der Waals surface area contributed by atoms with Gasteiger partial charge in [-0.05, 0) is 23.6 Å². The van der Waals surface area contributed by atoms with Crippen molar-refractivity contribution in [2.24, 2.45) is 0 Å². The average molecular weight is 250 g/mol. The third-order valence-corrected chi connectivity index (χ3v) is 3.20. The van der Waals surface area contributed by atoms with Gasteiger partial charge in [0.1, 0.15) is 24.0 Å². The molecule has 1 heterocycles. The Morgan fingerprint density at radius 2 is 2.19 bits per heavy atom. The van der Waals surface area contributed by atoms with Crippen molar-refractivity contribution in [2.75, 3.05) is 0 Å². The standard InChI is InChI=1S/C12H8ClNOS/c13-11-4-1-5-12(10(11)7-14)15-8-9-3-2-6-16-9/h1-6H,8H2. The van der Waals surface area contributed by atoms with Gasteiger partial charge in [-0.15, -0.1) is 11.3 Å². The van der Waals surface area contributed by atoms with Gasteiger partial charge in [-0.25, -0.2) is 0 Å². The summed E-state index contributed by atoms with van der Waals surface area (Å²) in [7, 11) is 0. The molecule has 1 aromatic heterocycles. The lowest BCUT2D eigenvalue weighted by atomic mass is 10.2. The molecular formula is C12H8ClNOS. The Kier molecular flexibility index (Phi) is 3.45. The van der Waals surface area contributed by atoms with Gasteiger partial charge in [-0.3, -0.25) is 0 Å². The largest absolute Gasteiger partial charge is 0.487 e. The second kappa shape index (κ2) is 5.02. The molecule has 0 bridgehead atoms. The monoisotopic (exact) mass is 249 g/mol. The van der Waals surface area contributed by atoms with E-state index < -0.39 is 0 Å². The van der Waals surface area contributed by atoms with Crippen LogP contribution in [0.4, 0.5) is 0 Å². The highest BCUT2D eigenvalue weighted by Gasteiger charge is 2.07. The van der Waals surface area contributed by atoms with Gasteiger partial charge in [0.05, 0.1) is 5.02 Å². The molecule has 4 heteroatoms. The summed E-state index contributed by atoms with van der Waals surface area (Å²) in [5, 5.41) is 11.4. The SMILES string of the molecule is N#Cc1c(Cl)cccc1OCc1cccs1. The van der Waals surface area contributed by atoms with Gasteiger partial charge in [0.15, 0.2) is 0 Å². The van der Waals surface area contributed by atoms with Crippen molar-refractivity contribution < 1.29 is 4.74 Å². The fourth-order valence-corrected chi connectivity index (χ4v) is 2.10. The van der Waals surface area contributed by atoms with Gasteiger partial charge >= 0.3 is 0 Å². The lowest BCUT2D eigenvalue weighted by molar-refractivity contribution is 0.309. The summed E-state index contributed by atoms with van der Waals surface area (Å²) in [5.41, 5.74) is 0.390. The second-order valence-corrected chi connectivity index (χ2v) is 4.53. The first kappa shape index (κ1) is 11.0. The molecule has 0 saturated carbocycles. The second-order valence-electron chi connectivity index (χ2n) is 3.09. The maximum Gasteiger partial charge on any atom is 0.139 e. The van der Waals surface area contributed by atoms with Crippen molar-refractivity contribution in [3.63, 3.8) is 0 Å². The molecule has 0 atom stereocenters. The molecule has 0 unspecified atom stereocenters. The number of rotatable bonds is 3. The molecule has 0 N–H and O–H groups in total. The number of hydrogen-bond acceptors (Lipinski definition) is 3. The Labute approximate surface area is 103 Å². The van der Waals surface area contributed by atoms with Gasteiger partial charge < -0.3 is 4.74 Å². The van der Waals surface area contributed by atoms with E-state index in [1.54, 1.807) is 29.5 Å². The average Bonchev–Trinajstić information content (AvgIpc) is 2.79. The van der Waals surface area contributed by atoms with Crippen molar-refractivity contribution in [1.29, 1.82) is 5.26 Å². The molecule has 2 nitrogen and oxygen atoms in total. The zero-order chi connectivity index (χ0) is 11.4. The van der Waals surface area contributed by atoms with E-state index in [0.717, 1.165) is 4.88 Å². The first-order valence-electron chi connectivity index (χ1n) is 4.65. The summed E-state index contributed by atoms with van der Waals surface area (Å²) < 4.78 is 5.56.